The smallest absolute Gasteiger partial charge is 0.136 e. The maximum atomic E-state index is 9.40. The molecule has 19 heavy (non-hydrogen) atoms. The molecule has 4 nitrogen and oxygen atoms in total. The number of likely N-dealkylation sites (N-methyl/N-ethyl adjacent to an activating group) is 1. The highest BCUT2D eigenvalue weighted by molar-refractivity contribution is 5.94. The molecule has 1 aliphatic rings. The number of hydrogen-bond acceptors (Lipinski definition) is 4. The Morgan fingerprint density at radius 3 is 2.84 bits per heavy atom. The van der Waals surface area contributed by atoms with E-state index in [-0.39, 0.29) is 6.61 Å². The predicted octanol–water partition coefficient (Wildman–Crippen LogP) is 1.95. The lowest BCUT2D eigenvalue weighted by atomic mass is 10.1. The standard InChI is InChI=1S/C15H18N2O2/c1-17(12-6-7-19-10-12)15-14-5-3-2-4-13(14)11(9-18)8-16-15/h2-5,8,12,18H,6-7,9-10H2,1H3. The highest BCUT2D eigenvalue weighted by Gasteiger charge is 2.22. The summed E-state index contributed by atoms with van der Waals surface area (Å²) in [5.74, 6) is 0.961. The van der Waals surface area contributed by atoms with E-state index in [1.165, 1.54) is 0 Å². The van der Waals surface area contributed by atoms with Gasteiger partial charge in [0.05, 0.1) is 19.3 Å². The molecule has 2 heterocycles. The van der Waals surface area contributed by atoms with E-state index in [2.05, 4.69) is 23.0 Å². The van der Waals surface area contributed by atoms with Crippen molar-refractivity contribution in [3.63, 3.8) is 0 Å². The van der Waals surface area contributed by atoms with Gasteiger partial charge in [-0.25, -0.2) is 4.98 Å². The summed E-state index contributed by atoms with van der Waals surface area (Å²) in [6.07, 6.45) is 2.80. The fourth-order valence-corrected chi connectivity index (χ4v) is 2.64. The molecule has 100 valence electrons. The van der Waals surface area contributed by atoms with Crippen LogP contribution < -0.4 is 4.90 Å². The first-order chi connectivity index (χ1) is 9.31. The molecular weight excluding hydrogens is 240 g/mol. The summed E-state index contributed by atoms with van der Waals surface area (Å²) in [7, 11) is 2.06. The highest BCUT2D eigenvalue weighted by Crippen LogP contribution is 2.29. The van der Waals surface area contributed by atoms with Gasteiger partial charge in [0.1, 0.15) is 5.82 Å². The average Bonchev–Trinajstić information content (AvgIpc) is 2.99. The van der Waals surface area contributed by atoms with Crippen molar-refractivity contribution in [1.29, 1.82) is 0 Å². The molecular formula is C15H18N2O2. The van der Waals surface area contributed by atoms with Crippen LogP contribution in [0.4, 0.5) is 5.82 Å². The first-order valence-corrected chi connectivity index (χ1v) is 6.59. The van der Waals surface area contributed by atoms with E-state index >= 15 is 0 Å². The fraction of sp³-hybridized carbons (Fsp3) is 0.400. The summed E-state index contributed by atoms with van der Waals surface area (Å²) < 4.78 is 5.45. The zero-order chi connectivity index (χ0) is 13.2. The van der Waals surface area contributed by atoms with Crippen LogP contribution in [0.25, 0.3) is 10.8 Å². The monoisotopic (exact) mass is 258 g/mol. The number of anilines is 1. The van der Waals surface area contributed by atoms with Gasteiger partial charge in [0.2, 0.25) is 0 Å². The number of aromatic nitrogens is 1. The van der Waals surface area contributed by atoms with Crippen LogP contribution in [0, 0.1) is 0 Å². The van der Waals surface area contributed by atoms with Crippen LogP contribution in [0.15, 0.2) is 30.5 Å². The third-order valence-corrected chi connectivity index (χ3v) is 3.81. The van der Waals surface area contributed by atoms with E-state index in [9.17, 15) is 5.11 Å². The van der Waals surface area contributed by atoms with Gasteiger partial charge in [-0.3, -0.25) is 0 Å². The van der Waals surface area contributed by atoms with E-state index in [4.69, 9.17) is 4.74 Å². The second-order valence-corrected chi connectivity index (χ2v) is 4.94. The lowest BCUT2D eigenvalue weighted by molar-refractivity contribution is 0.193. The van der Waals surface area contributed by atoms with Crippen LogP contribution in [-0.2, 0) is 11.3 Å². The van der Waals surface area contributed by atoms with E-state index in [1.54, 1.807) is 6.20 Å². The first-order valence-electron chi connectivity index (χ1n) is 6.59. The van der Waals surface area contributed by atoms with Crippen molar-refractivity contribution < 1.29 is 9.84 Å². The van der Waals surface area contributed by atoms with Gasteiger partial charge < -0.3 is 14.7 Å². The SMILES string of the molecule is CN(c1ncc(CO)c2ccccc12)C1CCOC1. The molecule has 4 heteroatoms. The molecule has 1 aromatic heterocycles. The van der Waals surface area contributed by atoms with E-state index in [1.807, 2.05) is 18.2 Å². The Labute approximate surface area is 112 Å². The maximum Gasteiger partial charge on any atom is 0.136 e. The van der Waals surface area contributed by atoms with Crippen LogP contribution in [-0.4, -0.2) is 36.4 Å². The summed E-state index contributed by atoms with van der Waals surface area (Å²) in [5, 5.41) is 11.6. The fourth-order valence-electron chi connectivity index (χ4n) is 2.64. The van der Waals surface area contributed by atoms with Crippen molar-refractivity contribution >= 4 is 16.6 Å². The minimum Gasteiger partial charge on any atom is -0.392 e. The zero-order valence-electron chi connectivity index (χ0n) is 11.0. The van der Waals surface area contributed by atoms with E-state index in [0.717, 1.165) is 41.8 Å². The van der Waals surface area contributed by atoms with E-state index < -0.39 is 0 Å². The third kappa shape index (κ3) is 2.17. The van der Waals surface area contributed by atoms with Gasteiger partial charge in [-0.2, -0.15) is 0 Å². The number of ether oxygens (including phenoxy) is 1. The molecule has 0 radical (unpaired) electrons. The van der Waals surface area contributed by atoms with Gasteiger partial charge in [0.25, 0.3) is 0 Å². The Morgan fingerprint density at radius 1 is 1.37 bits per heavy atom. The van der Waals surface area contributed by atoms with Gasteiger partial charge >= 0.3 is 0 Å². The second kappa shape index (κ2) is 5.15. The van der Waals surface area contributed by atoms with Gasteiger partial charge in [0, 0.05) is 30.8 Å². The highest BCUT2D eigenvalue weighted by atomic mass is 16.5. The van der Waals surface area contributed by atoms with Crippen molar-refractivity contribution in [2.45, 2.75) is 19.1 Å². The largest absolute Gasteiger partial charge is 0.392 e. The number of nitrogens with zero attached hydrogens (tertiary/aromatic N) is 2. The number of rotatable bonds is 3. The summed E-state index contributed by atoms with van der Waals surface area (Å²) >= 11 is 0. The summed E-state index contributed by atoms with van der Waals surface area (Å²) in [5.41, 5.74) is 0.871. The van der Waals surface area contributed by atoms with Crippen molar-refractivity contribution in [2.75, 3.05) is 25.2 Å². The predicted molar refractivity (Wildman–Crippen MR) is 75.3 cm³/mol. The first kappa shape index (κ1) is 12.4. The third-order valence-electron chi connectivity index (χ3n) is 3.81. The van der Waals surface area contributed by atoms with Crippen molar-refractivity contribution in [3.05, 3.63) is 36.0 Å². The Morgan fingerprint density at radius 2 is 2.16 bits per heavy atom. The molecule has 1 atom stereocenters. The molecule has 2 aromatic rings. The molecule has 1 unspecified atom stereocenters. The molecule has 1 N–H and O–H groups in total. The maximum absolute atomic E-state index is 9.40. The lowest BCUT2D eigenvalue weighted by Gasteiger charge is -2.26. The average molecular weight is 258 g/mol. The van der Waals surface area contributed by atoms with Gasteiger partial charge in [-0.15, -0.1) is 0 Å². The van der Waals surface area contributed by atoms with Crippen LogP contribution in [0.5, 0.6) is 0 Å². The minimum atomic E-state index is 0.0179. The van der Waals surface area contributed by atoms with Crippen molar-refractivity contribution in [2.24, 2.45) is 0 Å². The molecule has 1 aromatic carbocycles. The van der Waals surface area contributed by atoms with Crippen molar-refractivity contribution in [1.82, 2.24) is 4.98 Å². The molecule has 0 spiro atoms. The van der Waals surface area contributed by atoms with Crippen molar-refractivity contribution in [3.8, 4) is 0 Å². The Balaban J connectivity index is 2.08. The Hall–Kier alpha value is -1.65. The van der Waals surface area contributed by atoms with Gasteiger partial charge in [-0.1, -0.05) is 24.3 Å². The molecule has 0 bridgehead atoms. The van der Waals surface area contributed by atoms with Gasteiger partial charge in [-0.05, 0) is 11.8 Å². The molecule has 3 rings (SSSR count). The summed E-state index contributed by atoms with van der Waals surface area (Å²) in [6, 6.07) is 8.47. The van der Waals surface area contributed by atoms with Crippen LogP contribution >= 0.6 is 0 Å². The summed E-state index contributed by atoms with van der Waals surface area (Å²) in [6.45, 7) is 1.60. The number of pyridine rings is 1. The quantitative estimate of drug-likeness (QED) is 0.914. The Kier molecular flexibility index (Phi) is 3.36. The number of benzene rings is 1. The molecule has 1 fully saturated rings. The number of fused-ring (bicyclic) bond motifs is 1. The normalized spacial score (nSPS) is 18.9. The van der Waals surface area contributed by atoms with Crippen LogP contribution in [0.1, 0.15) is 12.0 Å². The topological polar surface area (TPSA) is 45.6 Å². The molecule has 0 amide bonds. The number of aliphatic hydroxyl groups is 1. The van der Waals surface area contributed by atoms with Crippen LogP contribution in [0.2, 0.25) is 0 Å². The number of hydrogen-bond donors (Lipinski definition) is 1. The minimum absolute atomic E-state index is 0.0179. The Bertz CT molecular complexity index is 579. The zero-order valence-corrected chi connectivity index (χ0v) is 11.0. The second-order valence-electron chi connectivity index (χ2n) is 4.94. The molecule has 1 saturated heterocycles. The van der Waals surface area contributed by atoms with E-state index in [0.29, 0.717) is 6.04 Å². The molecule has 0 aliphatic carbocycles. The molecule has 1 aliphatic heterocycles. The molecule has 0 saturated carbocycles. The van der Waals surface area contributed by atoms with Gasteiger partial charge in [0.15, 0.2) is 0 Å². The van der Waals surface area contributed by atoms with Crippen LogP contribution in [0.3, 0.4) is 0 Å². The summed E-state index contributed by atoms with van der Waals surface area (Å²) in [4.78, 5) is 6.72. The lowest BCUT2D eigenvalue weighted by Crippen LogP contribution is -2.32. The number of aliphatic hydroxyl groups excluding tert-OH is 1.